The predicted octanol–water partition coefficient (Wildman–Crippen LogP) is 0.690. The average molecular weight is 471 g/mol. The fourth-order valence-corrected chi connectivity index (χ4v) is 4.54. The lowest BCUT2D eigenvalue weighted by atomic mass is 10.2. The number of nitrogens with zero attached hydrogens (tertiary/aromatic N) is 3. The first-order chi connectivity index (χ1) is 15.3. The second-order valence-corrected chi connectivity index (χ2v) is 9.92. The molecule has 2 aliphatic heterocycles. The highest BCUT2D eigenvalue weighted by atomic mass is 32.2. The van der Waals surface area contributed by atoms with E-state index in [1.165, 1.54) is 19.0 Å². The number of ether oxygens (including phenoxy) is 2. The summed E-state index contributed by atoms with van der Waals surface area (Å²) in [6.07, 6.45) is 1.20. The molecule has 12 heteroatoms. The molecule has 2 amide bonds. The summed E-state index contributed by atoms with van der Waals surface area (Å²) in [4.78, 5) is 32.2. The number of nitrogens with one attached hydrogen (secondary N) is 1. The molecule has 3 rings (SSSR count). The molecule has 2 fully saturated rings. The van der Waals surface area contributed by atoms with Crippen molar-refractivity contribution >= 4 is 22.2 Å². The molecular formula is C20H30N4O7S. The van der Waals surface area contributed by atoms with Crippen molar-refractivity contribution in [2.45, 2.75) is 38.2 Å². The quantitative estimate of drug-likeness (QED) is 0.583. The average Bonchev–Trinajstić information content (AvgIpc) is 2.81. The standard InChI is InChI=1S/C20H30N4O7S/c1-22(2)32(27,28)23-11-12-24(20(26)30-15-16-8-4-3-5-9-16)17(14-23)19(25)21-31-18-10-6-7-13-29-18/h3-5,8-9,17-18H,6-7,10-15H2,1-2H3,(H,21,25). The first kappa shape index (κ1) is 24.4. The summed E-state index contributed by atoms with van der Waals surface area (Å²) in [5.41, 5.74) is 3.13. The topological polar surface area (TPSA) is 118 Å². The minimum atomic E-state index is -3.76. The first-order valence-electron chi connectivity index (χ1n) is 10.5. The van der Waals surface area contributed by atoms with Gasteiger partial charge >= 0.3 is 6.09 Å². The molecule has 11 nitrogen and oxygen atoms in total. The lowest BCUT2D eigenvalue weighted by Gasteiger charge is -2.39. The monoisotopic (exact) mass is 470 g/mol. The van der Waals surface area contributed by atoms with Gasteiger partial charge in [-0.3, -0.25) is 9.69 Å². The largest absolute Gasteiger partial charge is 0.445 e. The van der Waals surface area contributed by atoms with Crippen LogP contribution in [0.1, 0.15) is 24.8 Å². The highest BCUT2D eigenvalue weighted by Crippen LogP contribution is 2.18. The molecule has 0 radical (unpaired) electrons. The van der Waals surface area contributed by atoms with Crippen molar-refractivity contribution in [2.24, 2.45) is 0 Å². The number of carbonyl (C=O) groups excluding carboxylic acids is 2. The molecule has 2 saturated heterocycles. The maximum Gasteiger partial charge on any atom is 0.410 e. The second-order valence-electron chi connectivity index (χ2n) is 7.78. The van der Waals surface area contributed by atoms with Crippen LogP contribution in [0.2, 0.25) is 0 Å². The van der Waals surface area contributed by atoms with Crippen molar-refractivity contribution in [3.8, 4) is 0 Å². The van der Waals surface area contributed by atoms with Crippen LogP contribution in [-0.2, 0) is 35.9 Å². The molecule has 1 aromatic rings. The third-order valence-electron chi connectivity index (χ3n) is 5.30. The van der Waals surface area contributed by atoms with Crippen LogP contribution in [0.4, 0.5) is 4.79 Å². The van der Waals surface area contributed by atoms with Gasteiger partial charge < -0.3 is 9.47 Å². The van der Waals surface area contributed by atoms with E-state index in [-0.39, 0.29) is 26.2 Å². The van der Waals surface area contributed by atoms with Gasteiger partial charge in [-0.1, -0.05) is 30.3 Å². The van der Waals surface area contributed by atoms with E-state index in [1.807, 2.05) is 30.3 Å². The fourth-order valence-electron chi connectivity index (χ4n) is 3.44. The Kier molecular flexibility index (Phi) is 8.43. The smallest absolute Gasteiger partial charge is 0.410 e. The molecule has 2 aliphatic rings. The molecule has 0 bridgehead atoms. The molecule has 0 aliphatic carbocycles. The van der Waals surface area contributed by atoms with Crippen LogP contribution in [0.15, 0.2) is 30.3 Å². The predicted molar refractivity (Wildman–Crippen MR) is 114 cm³/mol. The van der Waals surface area contributed by atoms with Gasteiger partial charge in [-0.05, 0) is 18.4 Å². The van der Waals surface area contributed by atoms with Crippen LogP contribution in [0.25, 0.3) is 0 Å². The van der Waals surface area contributed by atoms with E-state index < -0.39 is 34.5 Å². The summed E-state index contributed by atoms with van der Waals surface area (Å²) >= 11 is 0. The Bertz CT molecular complexity index is 875. The van der Waals surface area contributed by atoms with Crippen LogP contribution in [-0.4, -0.2) is 86.6 Å². The molecule has 1 aromatic carbocycles. The lowest BCUT2D eigenvalue weighted by Crippen LogP contribution is -2.62. The SMILES string of the molecule is CN(C)S(=O)(=O)N1CCN(C(=O)OCc2ccccc2)C(C(=O)NOC2CCCCO2)C1. The normalized spacial score (nSPS) is 22.5. The van der Waals surface area contributed by atoms with Gasteiger partial charge in [0.05, 0.1) is 0 Å². The second kappa shape index (κ2) is 11.1. The molecule has 2 heterocycles. The van der Waals surface area contributed by atoms with E-state index in [1.54, 1.807) is 0 Å². The Morgan fingerprint density at radius 2 is 1.94 bits per heavy atom. The Hall–Kier alpha value is -2.25. The van der Waals surface area contributed by atoms with E-state index in [0.29, 0.717) is 13.0 Å². The van der Waals surface area contributed by atoms with Gasteiger partial charge in [0.25, 0.3) is 16.1 Å². The molecular weight excluding hydrogens is 440 g/mol. The summed E-state index contributed by atoms with van der Waals surface area (Å²) in [6, 6.07) is 8.02. The molecule has 32 heavy (non-hydrogen) atoms. The van der Waals surface area contributed by atoms with Crippen molar-refractivity contribution in [1.82, 2.24) is 19.0 Å². The van der Waals surface area contributed by atoms with Crippen LogP contribution in [0, 0.1) is 0 Å². The van der Waals surface area contributed by atoms with Crippen LogP contribution in [0.5, 0.6) is 0 Å². The zero-order chi connectivity index (χ0) is 23.1. The van der Waals surface area contributed by atoms with Crippen molar-refractivity contribution in [2.75, 3.05) is 40.3 Å². The van der Waals surface area contributed by atoms with Crippen molar-refractivity contribution in [1.29, 1.82) is 0 Å². The molecule has 178 valence electrons. The summed E-state index contributed by atoms with van der Waals surface area (Å²) in [7, 11) is -0.942. The van der Waals surface area contributed by atoms with E-state index in [0.717, 1.165) is 27.0 Å². The van der Waals surface area contributed by atoms with Crippen molar-refractivity contribution < 1.29 is 32.3 Å². The first-order valence-corrected chi connectivity index (χ1v) is 11.9. The lowest BCUT2D eigenvalue weighted by molar-refractivity contribution is -0.202. The fraction of sp³-hybridized carbons (Fsp3) is 0.600. The number of amides is 2. The van der Waals surface area contributed by atoms with Crippen LogP contribution >= 0.6 is 0 Å². The van der Waals surface area contributed by atoms with Gasteiger partial charge in [0.2, 0.25) is 0 Å². The number of hydrogen-bond acceptors (Lipinski definition) is 7. The summed E-state index contributed by atoms with van der Waals surface area (Å²) in [5, 5.41) is 0. The summed E-state index contributed by atoms with van der Waals surface area (Å²) < 4.78 is 38.2. The zero-order valence-corrected chi connectivity index (χ0v) is 19.1. The Labute approximate surface area is 188 Å². The Morgan fingerprint density at radius 3 is 2.59 bits per heavy atom. The maximum absolute atomic E-state index is 12.9. The number of carbonyl (C=O) groups is 2. The molecule has 2 atom stereocenters. The number of hydroxylamine groups is 1. The van der Waals surface area contributed by atoms with E-state index in [9.17, 15) is 18.0 Å². The van der Waals surface area contributed by atoms with Gasteiger partial charge in [-0.2, -0.15) is 17.0 Å². The summed E-state index contributed by atoms with van der Waals surface area (Å²) in [6.45, 7) is 0.394. The van der Waals surface area contributed by atoms with Gasteiger partial charge in [0.15, 0.2) is 6.29 Å². The molecule has 0 saturated carbocycles. The number of rotatable bonds is 7. The molecule has 0 aromatic heterocycles. The summed E-state index contributed by atoms with van der Waals surface area (Å²) in [5.74, 6) is -0.644. The molecule has 1 N–H and O–H groups in total. The third kappa shape index (κ3) is 6.17. The third-order valence-corrected chi connectivity index (χ3v) is 7.21. The minimum absolute atomic E-state index is 0.00128. The molecule has 2 unspecified atom stereocenters. The van der Waals surface area contributed by atoms with Gasteiger partial charge in [0, 0.05) is 46.8 Å². The van der Waals surface area contributed by atoms with E-state index in [4.69, 9.17) is 14.3 Å². The number of benzene rings is 1. The molecule has 0 spiro atoms. The Balaban J connectivity index is 1.68. The highest BCUT2D eigenvalue weighted by molar-refractivity contribution is 7.86. The maximum atomic E-state index is 12.9. The number of piperazine rings is 1. The van der Waals surface area contributed by atoms with Gasteiger partial charge in [-0.25, -0.2) is 15.1 Å². The Morgan fingerprint density at radius 1 is 1.19 bits per heavy atom. The van der Waals surface area contributed by atoms with Crippen LogP contribution < -0.4 is 5.48 Å². The van der Waals surface area contributed by atoms with E-state index >= 15 is 0 Å². The van der Waals surface area contributed by atoms with Gasteiger partial charge in [0.1, 0.15) is 12.6 Å². The van der Waals surface area contributed by atoms with E-state index in [2.05, 4.69) is 5.48 Å². The van der Waals surface area contributed by atoms with Crippen molar-refractivity contribution in [3.63, 3.8) is 0 Å². The zero-order valence-electron chi connectivity index (χ0n) is 18.3. The van der Waals surface area contributed by atoms with Crippen molar-refractivity contribution in [3.05, 3.63) is 35.9 Å². The van der Waals surface area contributed by atoms with Gasteiger partial charge in [-0.15, -0.1) is 0 Å². The number of hydrogen-bond donors (Lipinski definition) is 1. The minimum Gasteiger partial charge on any atom is -0.445 e. The van der Waals surface area contributed by atoms with Crippen LogP contribution in [0.3, 0.4) is 0 Å². The highest BCUT2D eigenvalue weighted by Gasteiger charge is 2.41.